The van der Waals surface area contributed by atoms with Gasteiger partial charge in [-0.25, -0.2) is 9.97 Å². The lowest BCUT2D eigenvalue weighted by molar-refractivity contribution is 0.0745. The molecule has 0 unspecified atom stereocenters. The number of benzene rings is 2. The Kier molecular flexibility index (Phi) is 5.81. The predicted octanol–water partition coefficient (Wildman–Crippen LogP) is 5.14. The summed E-state index contributed by atoms with van der Waals surface area (Å²) in [5, 5.41) is 1.01. The van der Waals surface area contributed by atoms with Gasteiger partial charge in [-0.2, -0.15) is 0 Å². The zero-order valence-corrected chi connectivity index (χ0v) is 18.2. The summed E-state index contributed by atoms with van der Waals surface area (Å²) in [7, 11) is 1.71. The van der Waals surface area contributed by atoms with Crippen LogP contribution in [0.2, 0.25) is 0 Å². The number of furan rings is 1. The lowest BCUT2D eigenvalue weighted by Gasteiger charge is -2.15. The predicted molar refractivity (Wildman–Crippen MR) is 117 cm³/mol. The van der Waals surface area contributed by atoms with Crippen molar-refractivity contribution in [2.75, 3.05) is 7.05 Å². The van der Waals surface area contributed by atoms with E-state index in [0.717, 1.165) is 26.8 Å². The molecule has 0 radical (unpaired) electrons. The van der Waals surface area contributed by atoms with Gasteiger partial charge in [0, 0.05) is 22.6 Å². The second-order valence-corrected chi connectivity index (χ2v) is 7.83. The molecule has 30 heavy (non-hydrogen) atoms. The fourth-order valence-electron chi connectivity index (χ4n) is 3.09. The van der Waals surface area contributed by atoms with Crippen LogP contribution in [0.3, 0.4) is 0 Å². The van der Waals surface area contributed by atoms with E-state index in [9.17, 15) is 4.79 Å². The first kappa shape index (κ1) is 20.1. The molecule has 6 nitrogen and oxygen atoms in total. The van der Waals surface area contributed by atoms with E-state index in [2.05, 4.69) is 25.9 Å². The summed E-state index contributed by atoms with van der Waals surface area (Å²) in [6.07, 6.45) is 0. The second-order valence-electron chi connectivity index (χ2n) is 6.91. The SMILES string of the molecule is Cc1nc(CN(C)C(=O)c2ccc(COc3ccc(Br)cc3)o2)nc2ccccc12. The van der Waals surface area contributed by atoms with Crippen molar-refractivity contribution < 1.29 is 13.9 Å². The normalized spacial score (nSPS) is 10.9. The van der Waals surface area contributed by atoms with Crippen LogP contribution in [0.5, 0.6) is 5.75 Å². The number of carbonyl (C=O) groups is 1. The van der Waals surface area contributed by atoms with E-state index >= 15 is 0 Å². The Balaban J connectivity index is 1.41. The molecular weight excluding hydrogens is 446 g/mol. The summed E-state index contributed by atoms with van der Waals surface area (Å²) < 4.78 is 12.3. The van der Waals surface area contributed by atoms with E-state index < -0.39 is 0 Å². The van der Waals surface area contributed by atoms with E-state index in [1.165, 1.54) is 0 Å². The van der Waals surface area contributed by atoms with Gasteiger partial charge in [-0.3, -0.25) is 4.79 Å². The molecule has 0 aliphatic heterocycles. The summed E-state index contributed by atoms with van der Waals surface area (Å²) in [4.78, 5) is 23.4. The van der Waals surface area contributed by atoms with Gasteiger partial charge in [0.25, 0.3) is 5.91 Å². The van der Waals surface area contributed by atoms with Gasteiger partial charge < -0.3 is 14.1 Å². The first-order valence-electron chi connectivity index (χ1n) is 9.44. The number of aryl methyl sites for hydroxylation is 1. The Morgan fingerprint density at radius 2 is 1.83 bits per heavy atom. The average molecular weight is 466 g/mol. The van der Waals surface area contributed by atoms with Crippen LogP contribution in [-0.2, 0) is 13.2 Å². The highest BCUT2D eigenvalue weighted by Crippen LogP contribution is 2.19. The molecule has 152 valence electrons. The van der Waals surface area contributed by atoms with E-state index in [-0.39, 0.29) is 24.8 Å². The molecule has 0 bridgehead atoms. The Morgan fingerprint density at radius 1 is 1.07 bits per heavy atom. The number of amides is 1. The minimum absolute atomic E-state index is 0.237. The average Bonchev–Trinajstić information content (AvgIpc) is 3.22. The van der Waals surface area contributed by atoms with Crippen LogP contribution in [0.25, 0.3) is 10.9 Å². The highest BCUT2D eigenvalue weighted by molar-refractivity contribution is 9.10. The van der Waals surface area contributed by atoms with Crippen LogP contribution in [0.15, 0.2) is 69.6 Å². The van der Waals surface area contributed by atoms with Crippen molar-refractivity contribution in [2.24, 2.45) is 0 Å². The topological polar surface area (TPSA) is 68.5 Å². The second kappa shape index (κ2) is 8.67. The molecule has 2 aromatic heterocycles. The summed E-state index contributed by atoms with van der Waals surface area (Å²) in [5.74, 6) is 1.91. The largest absolute Gasteiger partial charge is 0.486 e. The van der Waals surface area contributed by atoms with Gasteiger partial charge in [0.1, 0.15) is 23.9 Å². The number of rotatable bonds is 6. The van der Waals surface area contributed by atoms with Crippen LogP contribution < -0.4 is 4.74 Å². The zero-order chi connectivity index (χ0) is 21.1. The molecule has 2 aromatic carbocycles. The molecule has 4 rings (SSSR count). The van der Waals surface area contributed by atoms with Crippen LogP contribution in [-0.4, -0.2) is 27.8 Å². The fraction of sp³-hybridized carbons (Fsp3) is 0.174. The lowest BCUT2D eigenvalue weighted by Crippen LogP contribution is -2.27. The Labute approximate surface area is 182 Å². The van der Waals surface area contributed by atoms with Crippen LogP contribution in [0, 0.1) is 6.92 Å². The molecule has 0 saturated carbocycles. The summed E-state index contributed by atoms with van der Waals surface area (Å²) in [5.41, 5.74) is 1.76. The maximum absolute atomic E-state index is 12.8. The summed E-state index contributed by atoms with van der Waals surface area (Å²) >= 11 is 3.39. The number of para-hydroxylation sites is 1. The zero-order valence-electron chi connectivity index (χ0n) is 16.6. The molecular formula is C23H20BrN3O3. The van der Waals surface area contributed by atoms with E-state index in [0.29, 0.717) is 11.6 Å². The molecule has 1 amide bonds. The smallest absolute Gasteiger partial charge is 0.289 e. The molecule has 0 aliphatic rings. The van der Waals surface area contributed by atoms with Gasteiger partial charge in [0.2, 0.25) is 0 Å². The molecule has 2 heterocycles. The van der Waals surface area contributed by atoms with Crippen LogP contribution in [0.4, 0.5) is 0 Å². The third kappa shape index (κ3) is 4.52. The number of halogens is 1. The number of hydrogen-bond donors (Lipinski definition) is 0. The first-order valence-corrected chi connectivity index (χ1v) is 10.2. The highest BCUT2D eigenvalue weighted by atomic mass is 79.9. The number of carbonyl (C=O) groups excluding carboxylic acids is 1. The van der Waals surface area contributed by atoms with Gasteiger partial charge in [-0.05, 0) is 49.4 Å². The Hall–Kier alpha value is -3.19. The van der Waals surface area contributed by atoms with Crippen molar-refractivity contribution in [1.82, 2.24) is 14.9 Å². The van der Waals surface area contributed by atoms with Gasteiger partial charge in [-0.1, -0.05) is 34.1 Å². The minimum atomic E-state index is -0.237. The first-order chi connectivity index (χ1) is 14.5. The highest BCUT2D eigenvalue weighted by Gasteiger charge is 2.18. The fourth-order valence-corrected chi connectivity index (χ4v) is 3.36. The monoisotopic (exact) mass is 465 g/mol. The third-order valence-electron chi connectivity index (χ3n) is 4.63. The van der Waals surface area contributed by atoms with Crippen molar-refractivity contribution in [3.05, 3.63) is 88.2 Å². The molecule has 0 fully saturated rings. The standard InChI is InChI=1S/C23H20BrN3O3/c1-15-19-5-3-4-6-20(19)26-22(25-15)13-27(2)23(28)21-12-11-18(30-21)14-29-17-9-7-16(24)8-10-17/h3-12H,13-14H2,1-2H3. The maximum Gasteiger partial charge on any atom is 0.289 e. The molecule has 0 aliphatic carbocycles. The lowest BCUT2D eigenvalue weighted by atomic mass is 10.2. The van der Waals surface area contributed by atoms with E-state index in [1.54, 1.807) is 24.1 Å². The van der Waals surface area contributed by atoms with Gasteiger partial charge in [0.05, 0.1) is 12.1 Å². The molecule has 0 atom stereocenters. The number of aromatic nitrogens is 2. The van der Waals surface area contributed by atoms with Gasteiger partial charge in [0.15, 0.2) is 5.76 Å². The number of fused-ring (bicyclic) bond motifs is 1. The third-order valence-corrected chi connectivity index (χ3v) is 5.16. The van der Waals surface area contributed by atoms with Gasteiger partial charge >= 0.3 is 0 Å². The minimum Gasteiger partial charge on any atom is -0.486 e. The molecule has 7 heteroatoms. The van der Waals surface area contributed by atoms with Crippen molar-refractivity contribution in [3.63, 3.8) is 0 Å². The van der Waals surface area contributed by atoms with E-state index in [1.807, 2.05) is 55.5 Å². The number of ether oxygens (including phenoxy) is 1. The van der Waals surface area contributed by atoms with Crippen LogP contribution in [0.1, 0.15) is 27.8 Å². The van der Waals surface area contributed by atoms with Gasteiger partial charge in [-0.15, -0.1) is 0 Å². The molecule has 0 N–H and O–H groups in total. The van der Waals surface area contributed by atoms with Crippen LogP contribution >= 0.6 is 15.9 Å². The Morgan fingerprint density at radius 3 is 2.63 bits per heavy atom. The number of nitrogens with zero attached hydrogens (tertiary/aromatic N) is 3. The van der Waals surface area contributed by atoms with Crippen molar-refractivity contribution in [2.45, 2.75) is 20.1 Å². The molecule has 0 saturated heterocycles. The number of hydrogen-bond acceptors (Lipinski definition) is 5. The van der Waals surface area contributed by atoms with Crippen molar-refractivity contribution in [1.29, 1.82) is 0 Å². The van der Waals surface area contributed by atoms with Crippen molar-refractivity contribution in [3.8, 4) is 5.75 Å². The molecule has 0 spiro atoms. The maximum atomic E-state index is 12.8. The summed E-state index contributed by atoms with van der Waals surface area (Å²) in [6.45, 7) is 2.47. The summed E-state index contributed by atoms with van der Waals surface area (Å²) in [6, 6.07) is 18.8. The van der Waals surface area contributed by atoms with Crippen molar-refractivity contribution >= 4 is 32.7 Å². The quantitative estimate of drug-likeness (QED) is 0.394. The molecule has 4 aromatic rings. The van der Waals surface area contributed by atoms with E-state index in [4.69, 9.17) is 9.15 Å². The Bertz CT molecular complexity index is 1190.